The molecular formula is C23H20ClFN2O4S. The SMILES string of the molecule is O=C(COc1ccccc1F)Nc1ccc2c(c1)CN(S(=O)(=O)c1ccc(Cl)cc1)CC2. The van der Waals surface area contributed by atoms with Crippen LogP contribution in [0.25, 0.3) is 0 Å². The molecule has 1 aliphatic rings. The van der Waals surface area contributed by atoms with Gasteiger partial charge in [-0.05, 0) is 66.1 Å². The first-order chi connectivity index (χ1) is 15.3. The summed E-state index contributed by atoms with van der Waals surface area (Å²) in [5, 5.41) is 3.17. The van der Waals surface area contributed by atoms with Crippen molar-refractivity contribution in [3.63, 3.8) is 0 Å². The van der Waals surface area contributed by atoms with Gasteiger partial charge in [0.1, 0.15) is 0 Å². The van der Waals surface area contributed by atoms with E-state index in [0.29, 0.717) is 23.7 Å². The van der Waals surface area contributed by atoms with E-state index in [1.165, 1.54) is 34.6 Å². The predicted molar refractivity (Wildman–Crippen MR) is 120 cm³/mol. The number of hydrogen-bond acceptors (Lipinski definition) is 4. The predicted octanol–water partition coefficient (Wildman–Crippen LogP) is 4.24. The number of halogens is 2. The fraction of sp³-hybridized carbons (Fsp3) is 0.174. The summed E-state index contributed by atoms with van der Waals surface area (Å²) in [6.45, 7) is 0.199. The Morgan fingerprint density at radius 2 is 1.81 bits per heavy atom. The summed E-state index contributed by atoms with van der Waals surface area (Å²) < 4.78 is 46.2. The number of carbonyl (C=O) groups excluding carboxylic acids is 1. The van der Waals surface area contributed by atoms with Crippen molar-refractivity contribution in [2.24, 2.45) is 0 Å². The highest BCUT2D eigenvalue weighted by Crippen LogP contribution is 2.27. The number of nitrogens with one attached hydrogen (secondary N) is 1. The number of fused-ring (bicyclic) bond motifs is 1. The Bertz CT molecular complexity index is 1250. The van der Waals surface area contributed by atoms with E-state index in [1.807, 2.05) is 6.07 Å². The van der Waals surface area contributed by atoms with Gasteiger partial charge in [0.25, 0.3) is 5.91 Å². The molecule has 0 aromatic heterocycles. The molecular weight excluding hydrogens is 455 g/mol. The van der Waals surface area contributed by atoms with Crippen molar-refractivity contribution >= 4 is 33.2 Å². The molecule has 0 aliphatic carbocycles. The van der Waals surface area contributed by atoms with Crippen molar-refractivity contribution in [1.29, 1.82) is 0 Å². The van der Waals surface area contributed by atoms with Crippen molar-refractivity contribution in [3.8, 4) is 5.75 Å². The van der Waals surface area contributed by atoms with Gasteiger partial charge in [-0.2, -0.15) is 4.31 Å². The highest BCUT2D eigenvalue weighted by molar-refractivity contribution is 7.89. The van der Waals surface area contributed by atoms with Crippen LogP contribution in [0.4, 0.5) is 10.1 Å². The van der Waals surface area contributed by atoms with Gasteiger partial charge in [-0.3, -0.25) is 4.79 Å². The van der Waals surface area contributed by atoms with Crippen LogP contribution < -0.4 is 10.1 Å². The van der Waals surface area contributed by atoms with Gasteiger partial charge in [0.05, 0.1) is 4.90 Å². The fourth-order valence-electron chi connectivity index (χ4n) is 3.47. The number of sulfonamides is 1. The molecule has 9 heteroatoms. The fourth-order valence-corrected chi connectivity index (χ4v) is 5.02. The van der Waals surface area contributed by atoms with Crippen LogP contribution in [-0.4, -0.2) is 31.8 Å². The number of anilines is 1. The number of amides is 1. The molecule has 0 unspecified atom stereocenters. The average molecular weight is 475 g/mol. The second kappa shape index (κ2) is 9.28. The van der Waals surface area contributed by atoms with Crippen LogP contribution in [-0.2, 0) is 27.8 Å². The quantitative estimate of drug-likeness (QED) is 0.579. The van der Waals surface area contributed by atoms with E-state index in [4.69, 9.17) is 16.3 Å². The summed E-state index contributed by atoms with van der Waals surface area (Å²) in [4.78, 5) is 12.4. The first kappa shape index (κ1) is 22.3. The van der Waals surface area contributed by atoms with E-state index in [-0.39, 0.29) is 23.8 Å². The van der Waals surface area contributed by atoms with Gasteiger partial charge in [-0.15, -0.1) is 0 Å². The average Bonchev–Trinajstić information content (AvgIpc) is 2.78. The van der Waals surface area contributed by atoms with Gasteiger partial charge in [-0.25, -0.2) is 12.8 Å². The minimum absolute atomic E-state index is 0.00358. The van der Waals surface area contributed by atoms with E-state index in [9.17, 15) is 17.6 Å². The van der Waals surface area contributed by atoms with Gasteiger partial charge >= 0.3 is 0 Å². The van der Waals surface area contributed by atoms with E-state index in [1.54, 1.807) is 30.3 Å². The Hall–Kier alpha value is -2.94. The van der Waals surface area contributed by atoms with Crippen molar-refractivity contribution in [2.45, 2.75) is 17.9 Å². The molecule has 0 saturated heterocycles. The third-order valence-corrected chi connectivity index (χ3v) is 7.23. The molecule has 0 saturated carbocycles. The summed E-state index contributed by atoms with van der Waals surface area (Å²) in [6, 6.07) is 17.3. The van der Waals surface area contributed by atoms with Crippen molar-refractivity contribution < 1.29 is 22.3 Å². The minimum Gasteiger partial charge on any atom is -0.481 e. The van der Waals surface area contributed by atoms with E-state index < -0.39 is 21.7 Å². The van der Waals surface area contributed by atoms with Gasteiger partial charge in [0.2, 0.25) is 10.0 Å². The lowest BCUT2D eigenvalue weighted by molar-refractivity contribution is -0.118. The number of benzene rings is 3. The number of carbonyl (C=O) groups is 1. The topological polar surface area (TPSA) is 75.7 Å². The third kappa shape index (κ3) is 4.93. The zero-order valence-corrected chi connectivity index (χ0v) is 18.5. The zero-order valence-electron chi connectivity index (χ0n) is 16.9. The Morgan fingerprint density at radius 3 is 2.56 bits per heavy atom. The van der Waals surface area contributed by atoms with Gasteiger partial charge in [0, 0.05) is 23.8 Å². The molecule has 4 rings (SSSR count). The maximum atomic E-state index is 13.6. The van der Waals surface area contributed by atoms with Crippen LogP contribution in [0, 0.1) is 5.82 Å². The highest BCUT2D eigenvalue weighted by atomic mass is 35.5. The van der Waals surface area contributed by atoms with Crippen LogP contribution >= 0.6 is 11.6 Å². The minimum atomic E-state index is -3.67. The molecule has 0 bridgehead atoms. The second-order valence-electron chi connectivity index (χ2n) is 7.29. The molecule has 3 aromatic rings. The van der Waals surface area contributed by atoms with Crippen molar-refractivity contribution in [3.05, 3.63) is 88.7 Å². The van der Waals surface area contributed by atoms with Crippen molar-refractivity contribution in [2.75, 3.05) is 18.5 Å². The molecule has 3 aromatic carbocycles. The van der Waals surface area contributed by atoms with E-state index >= 15 is 0 Å². The maximum absolute atomic E-state index is 13.6. The largest absolute Gasteiger partial charge is 0.481 e. The number of nitrogens with zero attached hydrogens (tertiary/aromatic N) is 1. The summed E-state index contributed by atoms with van der Waals surface area (Å²) in [5.41, 5.74) is 2.34. The molecule has 166 valence electrons. The molecule has 0 atom stereocenters. The smallest absolute Gasteiger partial charge is 0.262 e. The van der Waals surface area contributed by atoms with E-state index in [0.717, 1.165) is 11.1 Å². The molecule has 6 nitrogen and oxygen atoms in total. The van der Waals surface area contributed by atoms with Crippen molar-refractivity contribution in [1.82, 2.24) is 4.31 Å². The van der Waals surface area contributed by atoms with Crippen LogP contribution in [0.15, 0.2) is 71.6 Å². The molecule has 32 heavy (non-hydrogen) atoms. The first-order valence-electron chi connectivity index (χ1n) is 9.87. The number of rotatable bonds is 6. The third-order valence-electron chi connectivity index (χ3n) is 5.11. The van der Waals surface area contributed by atoms with Gasteiger partial charge < -0.3 is 10.1 Å². The van der Waals surface area contributed by atoms with Crippen LogP contribution in [0.3, 0.4) is 0 Å². The molecule has 1 N–H and O–H groups in total. The number of hydrogen-bond donors (Lipinski definition) is 1. The van der Waals surface area contributed by atoms with Crippen LogP contribution in [0.2, 0.25) is 5.02 Å². The Labute approximate surface area is 190 Å². The van der Waals surface area contributed by atoms with Crippen LogP contribution in [0.5, 0.6) is 5.75 Å². The Kier molecular flexibility index (Phi) is 6.45. The number of para-hydroxylation sites is 1. The second-order valence-corrected chi connectivity index (χ2v) is 9.67. The summed E-state index contributed by atoms with van der Waals surface area (Å²) in [5.74, 6) is -0.998. The lowest BCUT2D eigenvalue weighted by Gasteiger charge is -2.28. The zero-order chi connectivity index (χ0) is 22.7. The maximum Gasteiger partial charge on any atom is 0.262 e. The first-order valence-corrected chi connectivity index (χ1v) is 11.7. The molecule has 1 amide bonds. The molecule has 0 radical (unpaired) electrons. The molecule has 0 fully saturated rings. The molecule has 1 aliphatic heterocycles. The van der Waals surface area contributed by atoms with Gasteiger partial charge in [-0.1, -0.05) is 29.8 Å². The molecule has 1 heterocycles. The molecule has 0 spiro atoms. The Morgan fingerprint density at radius 1 is 1.06 bits per heavy atom. The monoisotopic (exact) mass is 474 g/mol. The lowest BCUT2D eigenvalue weighted by Crippen LogP contribution is -2.36. The van der Waals surface area contributed by atoms with Gasteiger partial charge in [0.15, 0.2) is 18.2 Å². The highest BCUT2D eigenvalue weighted by Gasteiger charge is 2.28. The Balaban J connectivity index is 1.44. The number of ether oxygens (including phenoxy) is 1. The summed E-state index contributed by atoms with van der Waals surface area (Å²) in [7, 11) is -3.67. The van der Waals surface area contributed by atoms with Crippen LogP contribution in [0.1, 0.15) is 11.1 Å². The summed E-state index contributed by atoms with van der Waals surface area (Å²) in [6.07, 6.45) is 0.562. The summed E-state index contributed by atoms with van der Waals surface area (Å²) >= 11 is 5.87. The van der Waals surface area contributed by atoms with E-state index in [2.05, 4.69) is 5.32 Å². The lowest BCUT2D eigenvalue weighted by atomic mass is 10.0. The normalized spacial score (nSPS) is 13.9. The standard InChI is InChI=1S/C23H20ClFN2O4S/c24-18-6-9-20(10-7-18)32(29,30)27-12-11-16-5-8-19(13-17(16)14-27)26-23(28)15-31-22-4-2-1-3-21(22)25/h1-10,13H,11-12,14-15H2,(H,26,28).